The molecule has 1 amide bonds. The maximum atomic E-state index is 13.5. The molecule has 1 saturated heterocycles. The van der Waals surface area contributed by atoms with Gasteiger partial charge in [-0.05, 0) is 56.4 Å². The van der Waals surface area contributed by atoms with Crippen LogP contribution in [0, 0.1) is 0 Å². The Labute approximate surface area is 202 Å². The molecule has 0 atom stereocenters. The Bertz CT molecular complexity index is 1040. The van der Waals surface area contributed by atoms with Crippen molar-refractivity contribution in [1.82, 2.24) is 15.1 Å². The molecule has 0 aliphatic carbocycles. The molecule has 3 rings (SSSR count). The molecule has 1 aliphatic heterocycles. The van der Waals surface area contributed by atoms with Gasteiger partial charge in [0.1, 0.15) is 18.0 Å². The number of amides is 1. The van der Waals surface area contributed by atoms with E-state index in [-0.39, 0.29) is 17.3 Å². The van der Waals surface area contributed by atoms with E-state index >= 15 is 0 Å². The van der Waals surface area contributed by atoms with Gasteiger partial charge in [0.25, 0.3) is 10.0 Å². The summed E-state index contributed by atoms with van der Waals surface area (Å²) in [4.78, 5) is 17.5. The molecule has 2 aromatic rings. The van der Waals surface area contributed by atoms with Crippen LogP contribution in [0.25, 0.3) is 0 Å². The lowest BCUT2D eigenvalue weighted by molar-refractivity contribution is -0.119. The molecule has 186 valence electrons. The quantitative estimate of drug-likeness (QED) is 0.479. The van der Waals surface area contributed by atoms with Crippen molar-refractivity contribution < 1.29 is 22.7 Å². The number of nitrogens with one attached hydrogen (secondary N) is 1. The molecular formula is C24H34N4O5S. The number of hydrogen-bond acceptors (Lipinski definition) is 7. The Hall–Kier alpha value is -2.82. The van der Waals surface area contributed by atoms with Gasteiger partial charge in [0, 0.05) is 32.7 Å². The Morgan fingerprint density at radius 2 is 1.68 bits per heavy atom. The number of carbonyl (C=O) groups is 1. The van der Waals surface area contributed by atoms with Crippen LogP contribution in [0.1, 0.15) is 6.42 Å². The summed E-state index contributed by atoms with van der Waals surface area (Å²) in [5.41, 5.74) is 0.299. The predicted octanol–water partition coefficient (Wildman–Crippen LogP) is 1.65. The van der Waals surface area contributed by atoms with Crippen molar-refractivity contribution >= 4 is 21.6 Å². The summed E-state index contributed by atoms with van der Waals surface area (Å²) in [6.07, 6.45) is 0.801. The fourth-order valence-electron chi connectivity index (χ4n) is 3.80. The zero-order chi connectivity index (χ0) is 24.6. The van der Waals surface area contributed by atoms with Crippen LogP contribution in [0.4, 0.5) is 5.69 Å². The molecule has 2 aromatic carbocycles. The monoisotopic (exact) mass is 490 g/mol. The third-order valence-corrected chi connectivity index (χ3v) is 7.63. The van der Waals surface area contributed by atoms with Crippen LogP contribution in [-0.4, -0.2) is 91.2 Å². The van der Waals surface area contributed by atoms with E-state index in [0.717, 1.165) is 43.4 Å². The van der Waals surface area contributed by atoms with Crippen molar-refractivity contribution in [3.05, 3.63) is 48.5 Å². The summed E-state index contributed by atoms with van der Waals surface area (Å²) in [6, 6.07) is 12.8. The molecule has 1 N–H and O–H groups in total. The lowest BCUT2D eigenvalue weighted by Crippen LogP contribution is -2.45. The van der Waals surface area contributed by atoms with Gasteiger partial charge in [-0.2, -0.15) is 0 Å². The lowest BCUT2D eigenvalue weighted by atomic mass is 10.3. The summed E-state index contributed by atoms with van der Waals surface area (Å²) in [6.45, 7) is 5.15. The van der Waals surface area contributed by atoms with Gasteiger partial charge in [-0.1, -0.05) is 12.1 Å². The second kappa shape index (κ2) is 12.0. The zero-order valence-electron chi connectivity index (χ0n) is 20.1. The third-order valence-electron chi connectivity index (χ3n) is 5.86. The van der Waals surface area contributed by atoms with Gasteiger partial charge in [0.05, 0.1) is 24.8 Å². The fraction of sp³-hybridized carbons (Fsp3) is 0.458. The second-order valence-corrected chi connectivity index (χ2v) is 10.1. The maximum Gasteiger partial charge on any atom is 0.264 e. The molecule has 10 heteroatoms. The van der Waals surface area contributed by atoms with E-state index in [1.807, 2.05) is 0 Å². The minimum absolute atomic E-state index is 0.0575. The van der Waals surface area contributed by atoms with Crippen LogP contribution in [0.3, 0.4) is 0 Å². The van der Waals surface area contributed by atoms with Gasteiger partial charge in [-0.25, -0.2) is 8.42 Å². The maximum absolute atomic E-state index is 13.5. The van der Waals surface area contributed by atoms with E-state index in [0.29, 0.717) is 23.7 Å². The van der Waals surface area contributed by atoms with Crippen molar-refractivity contribution in [1.29, 1.82) is 0 Å². The number of hydrogen-bond donors (Lipinski definition) is 1. The highest BCUT2D eigenvalue weighted by molar-refractivity contribution is 7.92. The molecule has 0 radical (unpaired) electrons. The van der Waals surface area contributed by atoms with E-state index in [9.17, 15) is 13.2 Å². The van der Waals surface area contributed by atoms with E-state index in [1.165, 1.54) is 26.4 Å². The van der Waals surface area contributed by atoms with Crippen LogP contribution < -0.4 is 19.1 Å². The summed E-state index contributed by atoms with van der Waals surface area (Å²) in [5, 5.41) is 2.87. The Morgan fingerprint density at radius 3 is 2.32 bits per heavy atom. The minimum atomic E-state index is -4.04. The van der Waals surface area contributed by atoms with Gasteiger partial charge in [0.15, 0.2) is 0 Å². The SMILES string of the molecule is COc1ccc(S(=O)(=O)N(CC(=O)NCCCN2CCN(C)CC2)c2ccccc2OC)cc1. The molecule has 0 bridgehead atoms. The van der Waals surface area contributed by atoms with Gasteiger partial charge in [-0.15, -0.1) is 0 Å². The van der Waals surface area contributed by atoms with Crippen LogP contribution in [-0.2, 0) is 14.8 Å². The predicted molar refractivity (Wildman–Crippen MR) is 132 cm³/mol. The molecule has 9 nitrogen and oxygen atoms in total. The number of sulfonamides is 1. The van der Waals surface area contributed by atoms with Gasteiger partial charge in [0.2, 0.25) is 5.91 Å². The average Bonchev–Trinajstić information content (AvgIpc) is 2.86. The van der Waals surface area contributed by atoms with E-state index < -0.39 is 10.0 Å². The lowest BCUT2D eigenvalue weighted by Gasteiger charge is -2.32. The van der Waals surface area contributed by atoms with Crippen molar-refractivity contribution in [2.45, 2.75) is 11.3 Å². The first-order chi connectivity index (χ1) is 16.3. The zero-order valence-corrected chi connectivity index (χ0v) is 20.9. The van der Waals surface area contributed by atoms with Crippen LogP contribution in [0.2, 0.25) is 0 Å². The fourth-order valence-corrected chi connectivity index (χ4v) is 5.23. The smallest absolute Gasteiger partial charge is 0.264 e. The number of rotatable bonds is 11. The standard InChI is InChI=1S/C24H34N4O5S/c1-26-15-17-27(18-16-26)14-6-13-25-24(29)19-28(22-7-4-5-8-23(22)33-3)34(30,31)21-11-9-20(32-2)10-12-21/h4-5,7-12H,6,13-19H2,1-3H3,(H,25,29). The van der Waals surface area contributed by atoms with Crippen LogP contribution in [0.5, 0.6) is 11.5 Å². The number of likely N-dealkylation sites (N-methyl/N-ethyl adjacent to an activating group) is 1. The molecule has 0 aromatic heterocycles. The highest BCUT2D eigenvalue weighted by Crippen LogP contribution is 2.32. The number of ether oxygens (including phenoxy) is 2. The summed E-state index contributed by atoms with van der Waals surface area (Å²) in [5.74, 6) is 0.532. The number of anilines is 1. The number of carbonyl (C=O) groups excluding carboxylic acids is 1. The topological polar surface area (TPSA) is 91.4 Å². The average molecular weight is 491 g/mol. The van der Waals surface area contributed by atoms with Crippen molar-refractivity contribution in [3.63, 3.8) is 0 Å². The molecule has 1 heterocycles. The van der Waals surface area contributed by atoms with Gasteiger partial charge >= 0.3 is 0 Å². The van der Waals surface area contributed by atoms with Gasteiger partial charge < -0.3 is 24.6 Å². The minimum Gasteiger partial charge on any atom is -0.497 e. The Morgan fingerprint density at radius 1 is 1.00 bits per heavy atom. The second-order valence-electron chi connectivity index (χ2n) is 8.21. The number of nitrogens with zero attached hydrogens (tertiary/aromatic N) is 3. The van der Waals surface area contributed by atoms with Crippen LogP contribution >= 0.6 is 0 Å². The normalized spacial score (nSPS) is 15.0. The number of methoxy groups -OCH3 is 2. The molecule has 1 fully saturated rings. The number of para-hydroxylation sites is 2. The summed E-state index contributed by atoms with van der Waals surface area (Å²) < 4.78 is 38.7. The van der Waals surface area contributed by atoms with Crippen molar-refractivity contribution in [2.24, 2.45) is 0 Å². The van der Waals surface area contributed by atoms with Crippen molar-refractivity contribution in [2.75, 3.05) is 71.4 Å². The third kappa shape index (κ3) is 6.62. The van der Waals surface area contributed by atoms with Crippen molar-refractivity contribution in [3.8, 4) is 11.5 Å². The Kier molecular flexibility index (Phi) is 9.14. The molecule has 0 unspecified atom stereocenters. The number of benzene rings is 2. The summed E-state index contributed by atoms with van der Waals surface area (Å²) >= 11 is 0. The highest BCUT2D eigenvalue weighted by atomic mass is 32.2. The molecule has 0 spiro atoms. The number of piperazine rings is 1. The first-order valence-electron chi connectivity index (χ1n) is 11.3. The first kappa shape index (κ1) is 25.8. The van der Waals surface area contributed by atoms with E-state index in [4.69, 9.17) is 9.47 Å². The first-order valence-corrected chi connectivity index (χ1v) is 12.8. The molecule has 1 aliphatic rings. The summed E-state index contributed by atoms with van der Waals surface area (Å²) in [7, 11) is 1.06. The molecular weight excluding hydrogens is 456 g/mol. The highest BCUT2D eigenvalue weighted by Gasteiger charge is 2.29. The largest absolute Gasteiger partial charge is 0.497 e. The molecule has 34 heavy (non-hydrogen) atoms. The van der Waals surface area contributed by atoms with Gasteiger partial charge in [-0.3, -0.25) is 9.10 Å². The van der Waals surface area contributed by atoms with Crippen LogP contribution in [0.15, 0.2) is 53.4 Å². The van der Waals surface area contributed by atoms with E-state index in [2.05, 4.69) is 22.2 Å². The Balaban J connectivity index is 1.70. The van der Waals surface area contributed by atoms with E-state index in [1.54, 1.807) is 36.4 Å². The molecule has 0 saturated carbocycles.